The summed E-state index contributed by atoms with van der Waals surface area (Å²) in [6.07, 6.45) is 0.0234. The van der Waals surface area contributed by atoms with E-state index in [2.05, 4.69) is 5.32 Å². The predicted molar refractivity (Wildman–Crippen MR) is 143 cm³/mol. The van der Waals surface area contributed by atoms with Gasteiger partial charge in [-0.05, 0) is 46.4 Å². The highest BCUT2D eigenvalue weighted by Gasteiger charge is 2.64. The van der Waals surface area contributed by atoms with Crippen LogP contribution in [0.15, 0.2) is 23.0 Å². The predicted octanol–water partition coefficient (Wildman–Crippen LogP) is -0.137. The van der Waals surface area contributed by atoms with Gasteiger partial charge >= 0.3 is 0 Å². The zero-order valence-electron chi connectivity index (χ0n) is 22.9. The van der Waals surface area contributed by atoms with Gasteiger partial charge in [0.15, 0.2) is 17.1 Å². The van der Waals surface area contributed by atoms with E-state index in [-0.39, 0.29) is 42.0 Å². The first-order valence-electron chi connectivity index (χ1n) is 12.8. The van der Waals surface area contributed by atoms with Crippen molar-refractivity contribution in [2.24, 2.45) is 17.6 Å². The number of amides is 2. The lowest BCUT2D eigenvalue weighted by molar-refractivity contribution is -0.153. The van der Waals surface area contributed by atoms with Gasteiger partial charge in [-0.25, -0.2) is 0 Å². The number of aromatic hydroxyl groups is 1. The molecule has 0 aliphatic heterocycles. The number of nitrogens with zero attached hydrogens (tertiary/aromatic N) is 2. The van der Waals surface area contributed by atoms with Gasteiger partial charge in [-0.1, -0.05) is 6.92 Å². The van der Waals surface area contributed by atoms with Crippen molar-refractivity contribution < 1.29 is 44.3 Å². The van der Waals surface area contributed by atoms with Gasteiger partial charge in [0, 0.05) is 23.1 Å². The number of rotatable bonds is 7. The number of phenols is 1. The molecule has 4 rings (SSSR count). The van der Waals surface area contributed by atoms with Crippen molar-refractivity contribution in [3.8, 4) is 11.5 Å². The van der Waals surface area contributed by atoms with Crippen LogP contribution in [0, 0.1) is 11.8 Å². The highest BCUT2D eigenvalue weighted by molar-refractivity contribution is 6.24. The molecule has 1 saturated carbocycles. The number of fused-ring (bicyclic) bond motifs is 3. The van der Waals surface area contributed by atoms with Crippen molar-refractivity contribution in [3.05, 3.63) is 34.1 Å². The summed E-state index contributed by atoms with van der Waals surface area (Å²) in [6, 6.07) is 0.240. The Hall–Kier alpha value is -3.94. The fraction of sp³-hybridized carbons (Fsp3) is 0.481. The van der Waals surface area contributed by atoms with Crippen LogP contribution >= 0.6 is 0 Å². The van der Waals surface area contributed by atoms with E-state index in [0.29, 0.717) is 12.1 Å². The minimum Gasteiger partial charge on any atom is -0.508 e. The molecule has 13 heteroatoms. The molecule has 3 aliphatic rings. The van der Waals surface area contributed by atoms with Crippen LogP contribution in [0.5, 0.6) is 11.5 Å². The number of carbonyl (C=O) groups is 4. The summed E-state index contributed by atoms with van der Waals surface area (Å²) >= 11 is 0. The SMILES string of the molecule is CCN(C)CC(=O)Nc1cc(OC)c2c(c1O)C(O)=C1C(=O)[C@]3(O)C(O)=C(C(N)=O)C(=O)[C@@H](N(C)C)[C@@H]3C[C@@H]1C2. The normalized spacial score (nSPS) is 26.1. The summed E-state index contributed by atoms with van der Waals surface area (Å²) in [5.74, 6) is -7.73. The van der Waals surface area contributed by atoms with Crippen molar-refractivity contribution >= 4 is 34.8 Å². The Morgan fingerprint density at radius 3 is 2.40 bits per heavy atom. The second-order valence-electron chi connectivity index (χ2n) is 10.7. The highest BCUT2D eigenvalue weighted by Crippen LogP contribution is 2.54. The number of aliphatic hydroxyl groups is 3. The molecule has 0 saturated heterocycles. The number of ether oxygens (including phenoxy) is 1. The summed E-state index contributed by atoms with van der Waals surface area (Å²) in [5.41, 5.74) is 1.55. The fourth-order valence-corrected chi connectivity index (χ4v) is 6.10. The van der Waals surface area contributed by atoms with E-state index in [4.69, 9.17) is 10.5 Å². The number of phenolic OH excluding ortho intramolecular Hbond substituents is 1. The third-order valence-electron chi connectivity index (χ3n) is 8.13. The molecule has 3 aliphatic carbocycles. The zero-order chi connectivity index (χ0) is 29.8. The Morgan fingerprint density at radius 1 is 1.20 bits per heavy atom. The second-order valence-corrected chi connectivity index (χ2v) is 10.7. The van der Waals surface area contributed by atoms with Crippen LogP contribution in [0.1, 0.15) is 24.5 Å². The first-order chi connectivity index (χ1) is 18.7. The van der Waals surface area contributed by atoms with Crippen LogP contribution in [-0.4, -0.2) is 107 Å². The lowest BCUT2D eigenvalue weighted by Gasteiger charge is -2.50. The maximum Gasteiger partial charge on any atom is 0.255 e. The number of hydrogen-bond donors (Lipinski definition) is 6. The topological polar surface area (TPSA) is 203 Å². The van der Waals surface area contributed by atoms with Crippen LogP contribution in [-0.2, 0) is 25.6 Å². The molecule has 1 aromatic rings. The number of nitrogens with one attached hydrogen (secondary N) is 1. The molecule has 13 nitrogen and oxygen atoms in total. The minimum absolute atomic E-state index is 0.0248. The van der Waals surface area contributed by atoms with Crippen molar-refractivity contribution in [1.29, 1.82) is 0 Å². The highest BCUT2D eigenvalue weighted by atomic mass is 16.5. The molecule has 1 fully saturated rings. The van der Waals surface area contributed by atoms with E-state index in [9.17, 15) is 39.6 Å². The van der Waals surface area contributed by atoms with Gasteiger partial charge in [0.05, 0.1) is 30.9 Å². The molecular formula is C27H34N4O9. The molecule has 7 N–H and O–H groups in total. The van der Waals surface area contributed by atoms with E-state index in [1.54, 1.807) is 11.9 Å². The van der Waals surface area contributed by atoms with Crippen molar-refractivity contribution in [1.82, 2.24) is 9.80 Å². The molecule has 2 amide bonds. The Kier molecular flexibility index (Phi) is 7.43. The molecule has 216 valence electrons. The molecule has 0 bridgehead atoms. The number of Topliss-reactive ketones (excluding diaryl/α,β-unsaturated/α-hetero) is 2. The lowest BCUT2D eigenvalue weighted by atomic mass is 9.57. The number of likely N-dealkylation sites (N-methyl/N-ethyl adjacent to an activating group) is 2. The first-order valence-corrected chi connectivity index (χ1v) is 12.8. The van der Waals surface area contributed by atoms with Gasteiger partial charge in [-0.3, -0.25) is 29.0 Å². The van der Waals surface area contributed by atoms with Gasteiger partial charge in [0.1, 0.15) is 22.8 Å². The third-order valence-corrected chi connectivity index (χ3v) is 8.13. The maximum absolute atomic E-state index is 13.9. The van der Waals surface area contributed by atoms with E-state index in [1.807, 2.05) is 6.92 Å². The number of methoxy groups -OCH3 is 1. The molecule has 0 heterocycles. The van der Waals surface area contributed by atoms with Crippen LogP contribution in [0.3, 0.4) is 0 Å². The number of benzene rings is 1. The summed E-state index contributed by atoms with van der Waals surface area (Å²) < 4.78 is 5.51. The standard InChI is InChI=1S/C27H34N4O9/c1-6-31(4)10-16(32)29-14-9-15(40-5)12-7-11-8-13-20(30(2)3)23(35)19(26(28)38)25(37)27(13,39)24(36)17(11)22(34)18(12)21(14)33/h9,11,13,20,33-34,37,39H,6-8,10H2,1-5H3,(H2,28,38)(H,29,32)/t11-,13-,20-,27-/m0/s1. The van der Waals surface area contributed by atoms with Gasteiger partial charge < -0.3 is 36.2 Å². The second kappa shape index (κ2) is 10.2. The fourth-order valence-electron chi connectivity index (χ4n) is 6.10. The third kappa shape index (κ3) is 4.21. The Labute approximate surface area is 230 Å². The molecular weight excluding hydrogens is 524 g/mol. The van der Waals surface area contributed by atoms with Crippen molar-refractivity contribution in [3.63, 3.8) is 0 Å². The van der Waals surface area contributed by atoms with Crippen LogP contribution in [0.25, 0.3) is 5.76 Å². The number of nitrogens with two attached hydrogens (primary N) is 1. The maximum atomic E-state index is 13.9. The average Bonchev–Trinajstić information content (AvgIpc) is 2.87. The van der Waals surface area contributed by atoms with Crippen LogP contribution in [0.4, 0.5) is 5.69 Å². The largest absolute Gasteiger partial charge is 0.508 e. The zero-order valence-corrected chi connectivity index (χ0v) is 22.9. The van der Waals surface area contributed by atoms with E-state index in [1.165, 1.54) is 32.2 Å². The summed E-state index contributed by atoms with van der Waals surface area (Å²) in [4.78, 5) is 54.9. The number of hydrogen-bond acceptors (Lipinski definition) is 11. The number of aliphatic hydroxyl groups excluding tert-OH is 2. The molecule has 40 heavy (non-hydrogen) atoms. The van der Waals surface area contributed by atoms with Gasteiger partial charge in [-0.15, -0.1) is 0 Å². The first kappa shape index (κ1) is 29.1. The van der Waals surface area contributed by atoms with Crippen molar-refractivity contribution in [2.45, 2.75) is 31.4 Å². The average molecular weight is 559 g/mol. The van der Waals surface area contributed by atoms with Gasteiger partial charge in [0.25, 0.3) is 5.91 Å². The van der Waals surface area contributed by atoms with E-state index in [0.717, 1.165) is 0 Å². The van der Waals surface area contributed by atoms with Gasteiger partial charge in [-0.2, -0.15) is 0 Å². The van der Waals surface area contributed by atoms with E-state index >= 15 is 0 Å². The quantitative estimate of drug-likeness (QED) is 0.192. The lowest BCUT2D eigenvalue weighted by Crippen LogP contribution is -2.65. The molecule has 0 aromatic heterocycles. The van der Waals surface area contributed by atoms with Crippen molar-refractivity contribution in [2.75, 3.05) is 46.7 Å². The number of primary amides is 1. The Bertz CT molecular complexity index is 1380. The smallest absolute Gasteiger partial charge is 0.255 e. The number of anilines is 1. The Morgan fingerprint density at radius 2 is 1.85 bits per heavy atom. The Balaban J connectivity index is 1.89. The minimum atomic E-state index is -2.74. The molecule has 0 unspecified atom stereocenters. The summed E-state index contributed by atoms with van der Waals surface area (Å²) in [6.45, 7) is 2.50. The van der Waals surface area contributed by atoms with Crippen LogP contribution in [0.2, 0.25) is 0 Å². The molecule has 0 spiro atoms. The molecule has 1 aromatic carbocycles. The molecule has 4 atom stereocenters. The number of ketones is 2. The summed E-state index contributed by atoms with van der Waals surface area (Å²) in [5, 5.41) is 47.7. The molecule has 0 radical (unpaired) electrons. The van der Waals surface area contributed by atoms with Crippen LogP contribution < -0.4 is 15.8 Å². The van der Waals surface area contributed by atoms with Gasteiger partial charge in [0.2, 0.25) is 11.7 Å². The number of carbonyl (C=O) groups excluding carboxylic acids is 4. The van der Waals surface area contributed by atoms with E-state index < -0.39 is 69.7 Å². The summed E-state index contributed by atoms with van der Waals surface area (Å²) in [7, 11) is 6.18. The monoisotopic (exact) mass is 558 g/mol.